The third-order valence-corrected chi connectivity index (χ3v) is 3.30. The van der Waals surface area contributed by atoms with Gasteiger partial charge in [-0.2, -0.15) is 0 Å². The number of hydrogen-bond donors (Lipinski definition) is 2. The van der Waals surface area contributed by atoms with Crippen LogP contribution in [-0.2, 0) is 6.54 Å². The van der Waals surface area contributed by atoms with Crippen molar-refractivity contribution in [3.63, 3.8) is 0 Å². The summed E-state index contributed by atoms with van der Waals surface area (Å²) in [4.78, 5) is 34.2. The number of likely N-dealkylation sites (N-methyl/N-ethyl adjacent to an activating group) is 1. The smallest absolute Gasteiger partial charge is 0.270 e. The van der Waals surface area contributed by atoms with Crippen LogP contribution in [0.4, 0.5) is 0 Å². The molecule has 126 valence electrons. The summed E-state index contributed by atoms with van der Waals surface area (Å²) >= 11 is 0. The molecule has 2 rings (SSSR count). The van der Waals surface area contributed by atoms with E-state index in [-0.39, 0.29) is 17.5 Å². The van der Waals surface area contributed by atoms with E-state index in [1.54, 1.807) is 18.5 Å². The second-order valence-electron chi connectivity index (χ2n) is 5.53. The lowest BCUT2D eigenvalue weighted by Gasteiger charge is -2.10. The third-order valence-electron chi connectivity index (χ3n) is 3.30. The summed E-state index contributed by atoms with van der Waals surface area (Å²) in [7, 11) is 3.87. The van der Waals surface area contributed by atoms with Crippen LogP contribution in [0.2, 0.25) is 0 Å². The van der Waals surface area contributed by atoms with Crippen molar-refractivity contribution in [3.8, 4) is 0 Å². The first kappa shape index (κ1) is 17.6. The van der Waals surface area contributed by atoms with Crippen molar-refractivity contribution in [2.45, 2.75) is 6.54 Å². The lowest BCUT2D eigenvalue weighted by atomic mass is 10.2. The highest BCUT2D eigenvalue weighted by Gasteiger charge is 2.11. The topological polar surface area (TPSA) is 87.2 Å². The molecule has 0 aromatic carbocycles. The Hall–Kier alpha value is -2.80. The minimum atomic E-state index is -0.324. The molecule has 2 amide bonds. The molecular weight excluding hydrogens is 306 g/mol. The van der Waals surface area contributed by atoms with Crippen molar-refractivity contribution in [2.24, 2.45) is 0 Å². The van der Waals surface area contributed by atoms with Gasteiger partial charge >= 0.3 is 0 Å². The molecule has 7 nitrogen and oxygen atoms in total. The van der Waals surface area contributed by atoms with Crippen molar-refractivity contribution < 1.29 is 9.59 Å². The summed E-state index contributed by atoms with van der Waals surface area (Å²) in [6.45, 7) is 1.66. The van der Waals surface area contributed by atoms with Gasteiger partial charge in [0, 0.05) is 43.8 Å². The number of amides is 2. The highest BCUT2D eigenvalue weighted by Crippen LogP contribution is 2.03. The molecule has 0 aliphatic rings. The van der Waals surface area contributed by atoms with Crippen molar-refractivity contribution >= 4 is 11.8 Å². The standard InChI is InChI=1S/C17H21N5O2/c1-22(2)10-9-20-16(23)14-5-8-19-15(11-14)17(24)21-12-13-3-6-18-7-4-13/h3-8,11H,9-10,12H2,1-2H3,(H,20,23)(H,21,24). The Morgan fingerprint density at radius 1 is 1.04 bits per heavy atom. The highest BCUT2D eigenvalue weighted by molar-refractivity contribution is 5.98. The minimum absolute atomic E-state index is 0.212. The molecule has 0 aliphatic carbocycles. The Bertz CT molecular complexity index is 688. The Kier molecular flexibility index (Phi) is 6.39. The van der Waals surface area contributed by atoms with Gasteiger partial charge in [-0.3, -0.25) is 19.6 Å². The fraction of sp³-hybridized carbons (Fsp3) is 0.294. The average molecular weight is 327 g/mol. The number of pyridine rings is 2. The van der Waals surface area contributed by atoms with Crippen LogP contribution in [0.25, 0.3) is 0 Å². The molecule has 0 saturated heterocycles. The quantitative estimate of drug-likeness (QED) is 0.781. The maximum atomic E-state index is 12.2. The number of hydrogen-bond acceptors (Lipinski definition) is 5. The number of carbonyl (C=O) groups excluding carboxylic acids is 2. The molecule has 0 radical (unpaired) electrons. The number of aromatic nitrogens is 2. The van der Waals surface area contributed by atoms with Crippen molar-refractivity contribution in [1.29, 1.82) is 0 Å². The van der Waals surface area contributed by atoms with Crippen LogP contribution in [0, 0.1) is 0 Å². The van der Waals surface area contributed by atoms with E-state index >= 15 is 0 Å². The molecule has 7 heteroatoms. The van der Waals surface area contributed by atoms with E-state index < -0.39 is 0 Å². The first-order valence-corrected chi connectivity index (χ1v) is 7.62. The summed E-state index contributed by atoms with van der Waals surface area (Å²) < 4.78 is 0. The van der Waals surface area contributed by atoms with Crippen LogP contribution < -0.4 is 10.6 Å². The van der Waals surface area contributed by atoms with E-state index in [1.165, 1.54) is 12.3 Å². The molecule has 0 bridgehead atoms. The molecule has 0 fully saturated rings. The van der Waals surface area contributed by atoms with E-state index in [1.807, 2.05) is 31.1 Å². The lowest BCUT2D eigenvalue weighted by molar-refractivity contribution is 0.0946. The summed E-state index contributed by atoms with van der Waals surface area (Å²) in [5.74, 6) is -0.544. The predicted octanol–water partition coefficient (Wildman–Crippen LogP) is 0.698. The predicted molar refractivity (Wildman–Crippen MR) is 90.5 cm³/mol. The maximum absolute atomic E-state index is 12.2. The van der Waals surface area contributed by atoms with Crippen LogP contribution in [0.3, 0.4) is 0 Å². The van der Waals surface area contributed by atoms with E-state index in [0.717, 1.165) is 12.1 Å². The summed E-state index contributed by atoms with van der Waals surface area (Å²) in [6.07, 6.45) is 4.79. The maximum Gasteiger partial charge on any atom is 0.270 e. The third kappa shape index (κ3) is 5.44. The van der Waals surface area contributed by atoms with E-state index in [0.29, 0.717) is 18.7 Å². The Balaban J connectivity index is 1.93. The molecule has 0 unspecified atom stereocenters. The normalized spacial score (nSPS) is 10.5. The largest absolute Gasteiger partial charge is 0.351 e. The van der Waals surface area contributed by atoms with E-state index in [2.05, 4.69) is 20.6 Å². The van der Waals surface area contributed by atoms with Crippen LogP contribution in [0.5, 0.6) is 0 Å². The van der Waals surface area contributed by atoms with Gasteiger partial charge in [-0.15, -0.1) is 0 Å². The number of nitrogens with zero attached hydrogens (tertiary/aromatic N) is 3. The van der Waals surface area contributed by atoms with Gasteiger partial charge in [-0.25, -0.2) is 0 Å². The lowest BCUT2D eigenvalue weighted by Crippen LogP contribution is -2.31. The molecule has 0 spiro atoms. The molecule has 0 aliphatic heterocycles. The molecular formula is C17H21N5O2. The van der Waals surface area contributed by atoms with Crippen LogP contribution in [0.15, 0.2) is 42.9 Å². The summed E-state index contributed by atoms with van der Waals surface area (Å²) in [5.41, 5.74) is 1.57. The van der Waals surface area contributed by atoms with E-state index in [4.69, 9.17) is 0 Å². The molecule has 0 atom stereocenters. The zero-order valence-corrected chi connectivity index (χ0v) is 13.8. The Morgan fingerprint density at radius 3 is 2.50 bits per heavy atom. The molecule has 2 aromatic heterocycles. The Labute approximate surface area is 141 Å². The van der Waals surface area contributed by atoms with Crippen LogP contribution >= 0.6 is 0 Å². The van der Waals surface area contributed by atoms with E-state index in [9.17, 15) is 9.59 Å². The van der Waals surface area contributed by atoms with Gasteiger partial charge in [0.2, 0.25) is 0 Å². The van der Waals surface area contributed by atoms with Gasteiger partial charge in [0.1, 0.15) is 5.69 Å². The van der Waals surface area contributed by atoms with Crippen LogP contribution in [0.1, 0.15) is 26.4 Å². The molecule has 0 saturated carbocycles. The van der Waals surface area contributed by atoms with Gasteiger partial charge in [-0.05, 0) is 43.9 Å². The molecule has 24 heavy (non-hydrogen) atoms. The van der Waals surface area contributed by atoms with Crippen molar-refractivity contribution in [1.82, 2.24) is 25.5 Å². The van der Waals surface area contributed by atoms with Gasteiger partial charge in [0.05, 0.1) is 0 Å². The molecule has 2 heterocycles. The monoisotopic (exact) mass is 327 g/mol. The van der Waals surface area contributed by atoms with Gasteiger partial charge in [0.25, 0.3) is 11.8 Å². The average Bonchev–Trinajstić information content (AvgIpc) is 2.60. The molecule has 2 N–H and O–H groups in total. The van der Waals surface area contributed by atoms with Crippen molar-refractivity contribution in [2.75, 3.05) is 27.2 Å². The zero-order chi connectivity index (χ0) is 17.4. The Morgan fingerprint density at radius 2 is 1.79 bits per heavy atom. The number of carbonyl (C=O) groups is 2. The summed E-state index contributed by atoms with van der Waals surface area (Å²) in [5, 5.41) is 5.58. The number of nitrogens with one attached hydrogen (secondary N) is 2. The zero-order valence-electron chi connectivity index (χ0n) is 13.8. The second kappa shape index (κ2) is 8.73. The molecule has 2 aromatic rings. The first-order chi connectivity index (χ1) is 11.6. The van der Waals surface area contributed by atoms with Gasteiger partial charge in [-0.1, -0.05) is 0 Å². The summed E-state index contributed by atoms with van der Waals surface area (Å²) in [6, 6.07) is 6.72. The number of rotatable bonds is 7. The minimum Gasteiger partial charge on any atom is -0.351 e. The SMILES string of the molecule is CN(C)CCNC(=O)c1ccnc(C(=O)NCc2ccncc2)c1. The van der Waals surface area contributed by atoms with Crippen molar-refractivity contribution in [3.05, 3.63) is 59.7 Å². The second-order valence-corrected chi connectivity index (χ2v) is 5.53. The first-order valence-electron chi connectivity index (χ1n) is 7.62. The highest BCUT2D eigenvalue weighted by atomic mass is 16.2. The fourth-order valence-corrected chi connectivity index (χ4v) is 1.96. The van der Waals surface area contributed by atoms with Gasteiger partial charge < -0.3 is 15.5 Å². The van der Waals surface area contributed by atoms with Crippen LogP contribution in [-0.4, -0.2) is 53.9 Å². The van der Waals surface area contributed by atoms with Gasteiger partial charge in [0.15, 0.2) is 0 Å². The fourth-order valence-electron chi connectivity index (χ4n) is 1.96.